The third-order valence-corrected chi connectivity index (χ3v) is 3.55. The number of rotatable bonds is 0. The Hall–Kier alpha value is -2.48. The molecule has 0 saturated heterocycles. The highest BCUT2D eigenvalue weighted by molar-refractivity contribution is 6.22. The lowest BCUT2D eigenvalue weighted by Crippen LogP contribution is -1.90. The van der Waals surface area contributed by atoms with Crippen LogP contribution in [0.4, 0.5) is 0 Å². The van der Waals surface area contributed by atoms with Crippen LogP contribution in [0, 0.1) is 6.92 Å². The lowest BCUT2D eigenvalue weighted by Gasteiger charge is -2.08. The third kappa shape index (κ3) is 1.43. The van der Waals surface area contributed by atoms with Crippen molar-refractivity contribution >= 4 is 32.6 Å². The van der Waals surface area contributed by atoms with Crippen molar-refractivity contribution in [2.45, 2.75) is 6.92 Å². The van der Waals surface area contributed by atoms with Gasteiger partial charge in [-0.25, -0.2) is 4.98 Å². The molecule has 0 fully saturated rings. The molecule has 0 aliphatic carbocycles. The maximum Gasteiger partial charge on any atom is 0.0974 e. The van der Waals surface area contributed by atoms with E-state index >= 15 is 0 Å². The van der Waals surface area contributed by atoms with Gasteiger partial charge in [0.1, 0.15) is 0 Å². The first kappa shape index (κ1) is 10.4. The van der Waals surface area contributed by atoms with Gasteiger partial charge in [0, 0.05) is 17.0 Å². The second kappa shape index (κ2) is 3.75. The Bertz CT molecular complexity index is 891. The predicted octanol–water partition coefficient (Wildman–Crippen LogP) is 4.24. The van der Waals surface area contributed by atoms with Crippen LogP contribution in [0.15, 0.2) is 54.7 Å². The molecule has 0 spiro atoms. The van der Waals surface area contributed by atoms with Crippen molar-refractivity contribution in [3.8, 4) is 0 Å². The van der Waals surface area contributed by atoms with Crippen LogP contribution in [-0.4, -0.2) is 9.97 Å². The van der Waals surface area contributed by atoms with Crippen LogP contribution in [0.3, 0.4) is 0 Å². The Kier molecular flexibility index (Phi) is 2.06. The van der Waals surface area contributed by atoms with E-state index in [1.165, 1.54) is 21.5 Å². The number of hydrogen-bond acceptors (Lipinski definition) is 2. The van der Waals surface area contributed by atoms with E-state index in [-0.39, 0.29) is 0 Å². The van der Waals surface area contributed by atoms with E-state index in [4.69, 9.17) is 4.98 Å². The summed E-state index contributed by atoms with van der Waals surface area (Å²) in [6.07, 6.45) is 1.84. The molecule has 90 valence electrons. The zero-order valence-corrected chi connectivity index (χ0v) is 10.6. The van der Waals surface area contributed by atoms with Crippen molar-refractivity contribution in [3.05, 3.63) is 60.4 Å². The molecule has 0 atom stereocenters. The SMILES string of the molecule is Cc1cnc2c3ccccc3c3ccccc3c2n1. The second-order valence-corrected chi connectivity index (χ2v) is 4.80. The van der Waals surface area contributed by atoms with Crippen LogP contribution in [0.5, 0.6) is 0 Å². The van der Waals surface area contributed by atoms with Crippen LogP contribution in [0.25, 0.3) is 32.6 Å². The molecular weight excluding hydrogens is 232 g/mol. The van der Waals surface area contributed by atoms with Gasteiger partial charge in [-0.1, -0.05) is 48.5 Å². The van der Waals surface area contributed by atoms with Crippen LogP contribution in [-0.2, 0) is 0 Å². The van der Waals surface area contributed by atoms with Gasteiger partial charge in [-0.2, -0.15) is 0 Å². The lowest BCUT2D eigenvalue weighted by molar-refractivity contribution is 1.19. The fourth-order valence-electron chi connectivity index (χ4n) is 2.71. The molecule has 0 unspecified atom stereocenters. The van der Waals surface area contributed by atoms with Gasteiger partial charge < -0.3 is 0 Å². The summed E-state index contributed by atoms with van der Waals surface area (Å²) in [6, 6.07) is 16.8. The topological polar surface area (TPSA) is 25.8 Å². The highest BCUT2D eigenvalue weighted by atomic mass is 14.8. The van der Waals surface area contributed by atoms with E-state index in [1.54, 1.807) is 0 Å². The highest BCUT2D eigenvalue weighted by Crippen LogP contribution is 2.32. The number of fused-ring (bicyclic) bond motifs is 6. The van der Waals surface area contributed by atoms with Gasteiger partial charge in [0.15, 0.2) is 0 Å². The van der Waals surface area contributed by atoms with Crippen molar-refractivity contribution in [2.75, 3.05) is 0 Å². The lowest BCUT2D eigenvalue weighted by atomic mass is 9.99. The fraction of sp³-hybridized carbons (Fsp3) is 0.0588. The maximum absolute atomic E-state index is 4.69. The van der Waals surface area contributed by atoms with Crippen LogP contribution < -0.4 is 0 Å². The van der Waals surface area contributed by atoms with Gasteiger partial charge in [-0.05, 0) is 17.7 Å². The minimum Gasteiger partial charge on any atom is -0.252 e. The normalized spacial score (nSPS) is 11.4. The second-order valence-electron chi connectivity index (χ2n) is 4.80. The molecule has 0 aliphatic heterocycles. The molecule has 0 amide bonds. The van der Waals surface area contributed by atoms with Crippen molar-refractivity contribution in [3.63, 3.8) is 0 Å². The summed E-state index contributed by atoms with van der Waals surface area (Å²) >= 11 is 0. The van der Waals surface area contributed by atoms with E-state index in [0.29, 0.717) is 0 Å². The van der Waals surface area contributed by atoms with Crippen molar-refractivity contribution in [1.82, 2.24) is 9.97 Å². The van der Waals surface area contributed by atoms with Gasteiger partial charge >= 0.3 is 0 Å². The Morgan fingerprint density at radius 1 is 0.684 bits per heavy atom. The highest BCUT2D eigenvalue weighted by Gasteiger charge is 2.09. The summed E-state index contributed by atoms with van der Waals surface area (Å²) < 4.78 is 0. The summed E-state index contributed by atoms with van der Waals surface area (Å²) in [5, 5.41) is 4.82. The van der Waals surface area contributed by atoms with Crippen molar-refractivity contribution in [1.29, 1.82) is 0 Å². The molecule has 0 N–H and O–H groups in total. The van der Waals surface area contributed by atoms with E-state index in [2.05, 4.69) is 53.5 Å². The first-order valence-electron chi connectivity index (χ1n) is 6.37. The Labute approximate surface area is 110 Å². The summed E-state index contributed by atoms with van der Waals surface area (Å²) in [5.74, 6) is 0. The number of benzene rings is 3. The molecule has 19 heavy (non-hydrogen) atoms. The minimum atomic E-state index is 0.952. The monoisotopic (exact) mass is 244 g/mol. The number of aromatic nitrogens is 2. The van der Waals surface area contributed by atoms with E-state index in [1.807, 2.05) is 13.1 Å². The quantitative estimate of drug-likeness (QED) is 0.432. The fourth-order valence-corrected chi connectivity index (χ4v) is 2.71. The number of nitrogens with zero attached hydrogens (tertiary/aromatic N) is 2. The zero-order valence-electron chi connectivity index (χ0n) is 10.6. The van der Waals surface area contributed by atoms with Crippen molar-refractivity contribution < 1.29 is 0 Å². The third-order valence-electron chi connectivity index (χ3n) is 3.55. The predicted molar refractivity (Wildman–Crippen MR) is 79.3 cm³/mol. The standard InChI is InChI=1S/C17H12N2/c1-11-10-18-16-14-8-4-2-6-12(14)13-7-3-5-9-15(13)17(16)19-11/h2-10H,1H3. The van der Waals surface area contributed by atoms with Gasteiger partial charge in [0.25, 0.3) is 0 Å². The zero-order chi connectivity index (χ0) is 12.8. The molecule has 2 heteroatoms. The molecule has 0 aliphatic rings. The number of hydrogen-bond donors (Lipinski definition) is 0. The Morgan fingerprint density at radius 2 is 1.21 bits per heavy atom. The minimum absolute atomic E-state index is 0.952. The maximum atomic E-state index is 4.69. The summed E-state index contributed by atoms with van der Waals surface area (Å²) in [5.41, 5.74) is 2.93. The molecular formula is C17H12N2. The first-order valence-corrected chi connectivity index (χ1v) is 6.37. The smallest absolute Gasteiger partial charge is 0.0974 e. The molecule has 0 radical (unpaired) electrons. The summed E-state index contributed by atoms with van der Waals surface area (Å²) in [7, 11) is 0. The van der Waals surface area contributed by atoms with Crippen LogP contribution >= 0.6 is 0 Å². The molecule has 0 bridgehead atoms. The number of aryl methyl sites for hydroxylation is 1. The molecule has 3 aromatic carbocycles. The molecule has 2 nitrogen and oxygen atoms in total. The molecule has 1 aromatic heterocycles. The van der Waals surface area contributed by atoms with Gasteiger partial charge in [-0.15, -0.1) is 0 Å². The molecule has 1 heterocycles. The Balaban J connectivity index is 2.43. The van der Waals surface area contributed by atoms with Gasteiger partial charge in [-0.3, -0.25) is 4.98 Å². The van der Waals surface area contributed by atoms with Crippen LogP contribution in [0.2, 0.25) is 0 Å². The summed E-state index contributed by atoms with van der Waals surface area (Å²) in [4.78, 5) is 9.29. The van der Waals surface area contributed by atoms with Crippen molar-refractivity contribution in [2.24, 2.45) is 0 Å². The Morgan fingerprint density at radius 3 is 1.84 bits per heavy atom. The average molecular weight is 244 g/mol. The van der Waals surface area contributed by atoms with E-state index in [0.717, 1.165) is 16.7 Å². The summed E-state index contributed by atoms with van der Waals surface area (Å²) in [6.45, 7) is 1.98. The average Bonchev–Trinajstić information content (AvgIpc) is 2.47. The molecule has 4 rings (SSSR count). The van der Waals surface area contributed by atoms with E-state index < -0.39 is 0 Å². The molecule has 0 saturated carbocycles. The first-order chi connectivity index (χ1) is 9.34. The largest absolute Gasteiger partial charge is 0.252 e. The van der Waals surface area contributed by atoms with E-state index in [9.17, 15) is 0 Å². The van der Waals surface area contributed by atoms with Crippen LogP contribution in [0.1, 0.15) is 5.69 Å². The van der Waals surface area contributed by atoms with Gasteiger partial charge in [0.2, 0.25) is 0 Å². The van der Waals surface area contributed by atoms with Gasteiger partial charge in [0.05, 0.1) is 16.7 Å². The molecule has 4 aromatic rings.